The van der Waals surface area contributed by atoms with Crippen molar-refractivity contribution in [3.63, 3.8) is 0 Å². The van der Waals surface area contributed by atoms with Gasteiger partial charge in [-0.2, -0.15) is 9.57 Å². The molecule has 0 aromatic carbocycles. The number of hydrogen-bond donors (Lipinski definition) is 1. The fourth-order valence-corrected chi connectivity index (χ4v) is 3.22. The molecule has 1 aromatic heterocycles. The molecule has 0 bridgehead atoms. The molecule has 110 valence electrons. The fourth-order valence-electron chi connectivity index (χ4n) is 1.65. The molecule has 0 atom stereocenters. The third kappa shape index (κ3) is 3.90. The van der Waals surface area contributed by atoms with Gasteiger partial charge in [0, 0.05) is 39.9 Å². The van der Waals surface area contributed by atoms with Crippen molar-refractivity contribution in [2.45, 2.75) is 11.3 Å². The Morgan fingerprint density at radius 2 is 2.25 bits per heavy atom. The molecule has 0 fully saturated rings. The van der Waals surface area contributed by atoms with Crippen molar-refractivity contribution in [2.75, 3.05) is 39.2 Å². The number of ether oxygens (including phenoxy) is 1. The van der Waals surface area contributed by atoms with Gasteiger partial charge >= 0.3 is 0 Å². The van der Waals surface area contributed by atoms with Gasteiger partial charge < -0.3 is 10.1 Å². The molecule has 1 heterocycles. The van der Waals surface area contributed by atoms with Crippen LogP contribution in [0.4, 0.5) is 5.82 Å². The van der Waals surface area contributed by atoms with Gasteiger partial charge in [0.1, 0.15) is 10.7 Å². The normalized spacial score (nSPS) is 11.3. The first kappa shape index (κ1) is 16.4. The largest absolute Gasteiger partial charge is 0.383 e. The minimum atomic E-state index is -3.71. The SMILES string of the molecule is CNc1ncccc1S(=O)(=O)N(CCC#N)CCOC. The van der Waals surface area contributed by atoms with Crippen LogP contribution in [0.5, 0.6) is 0 Å². The molecule has 8 heteroatoms. The lowest BCUT2D eigenvalue weighted by Crippen LogP contribution is -2.35. The van der Waals surface area contributed by atoms with Crippen LogP contribution in [0.1, 0.15) is 6.42 Å². The van der Waals surface area contributed by atoms with Crippen molar-refractivity contribution in [3.8, 4) is 6.07 Å². The Morgan fingerprint density at radius 3 is 2.85 bits per heavy atom. The van der Waals surface area contributed by atoms with Crippen LogP contribution >= 0.6 is 0 Å². The zero-order valence-electron chi connectivity index (χ0n) is 11.5. The van der Waals surface area contributed by atoms with E-state index in [1.807, 2.05) is 6.07 Å². The Labute approximate surface area is 119 Å². The second-order valence-electron chi connectivity index (χ2n) is 3.91. The molecular weight excluding hydrogens is 280 g/mol. The molecule has 1 aromatic rings. The summed E-state index contributed by atoms with van der Waals surface area (Å²) in [5.41, 5.74) is 0. The number of pyridine rings is 1. The maximum Gasteiger partial charge on any atom is 0.246 e. The van der Waals surface area contributed by atoms with Gasteiger partial charge in [-0.15, -0.1) is 0 Å². The zero-order valence-corrected chi connectivity index (χ0v) is 12.4. The van der Waals surface area contributed by atoms with E-state index in [9.17, 15) is 8.42 Å². The molecule has 20 heavy (non-hydrogen) atoms. The molecule has 0 amide bonds. The van der Waals surface area contributed by atoms with E-state index in [1.165, 1.54) is 23.7 Å². The second-order valence-corrected chi connectivity index (χ2v) is 5.81. The summed E-state index contributed by atoms with van der Waals surface area (Å²) in [6.07, 6.45) is 1.64. The van der Waals surface area contributed by atoms with Gasteiger partial charge in [-0.1, -0.05) is 0 Å². The van der Waals surface area contributed by atoms with Crippen molar-refractivity contribution in [1.29, 1.82) is 5.26 Å². The van der Waals surface area contributed by atoms with E-state index >= 15 is 0 Å². The molecule has 0 unspecified atom stereocenters. The van der Waals surface area contributed by atoms with Crippen LogP contribution in [0, 0.1) is 11.3 Å². The predicted molar refractivity (Wildman–Crippen MR) is 74.6 cm³/mol. The van der Waals surface area contributed by atoms with Gasteiger partial charge in [-0.05, 0) is 12.1 Å². The number of nitriles is 1. The quantitative estimate of drug-likeness (QED) is 0.758. The number of anilines is 1. The van der Waals surface area contributed by atoms with Crippen LogP contribution in [0.15, 0.2) is 23.2 Å². The third-order valence-corrected chi connectivity index (χ3v) is 4.57. The highest BCUT2D eigenvalue weighted by atomic mass is 32.2. The van der Waals surface area contributed by atoms with Gasteiger partial charge in [0.2, 0.25) is 10.0 Å². The first-order valence-electron chi connectivity index (χ1n) is 6.06. The van der Waals surface area contributed by atoms with E-state index in [2.05, 4.69) is 10.3 Å². The summed E-state index contributed by atoms with van der Waals surface area (Å²) in [4.78, 5) is 4.09. The lowest BCUT2D eigenvalue weighted by Gasteiger charge is -2.21. The van der Waals surface area contributed by atoms with Gasteiger partial charge in [0.15, 0.2) is 0 Å². The summed E-state index contributed by atoms with van der Waals surface area (Å²) >= 11 is 0. The van der Waals surface area contributed by atoms with E-state index in [0.29, 0.717) is 0 Å². The van der Waals surface area contributed by atoms with E-state index in [1.54, 1.807) is 13.1 Å². The average Bonchev–Trinajstić information content (AvgIpc) is 2.47. The van der Waals surface area contributed by atoms with Crippen LogP contribution in [0.25, 0.3) is 0 Å². The van der Waals surface area contributed by atoms with Crippen molar-refractivity contribution in [2.24, 2.45) is 0 Å². The number of aromatic nitrogens is 1. The first-order valence-corrected chi connectivity index (χ1v) is 7.50. The topological polar surface area (TPSA) is 95.3 Å². The lowest BCUT2D eigenvalue weighted by molar-refractivity contribution is 0.179. The summed E-state index contributed by atoms with van der Waals surface area (Å²) in [6.45, 7) is 0.582. The van der Waals surface area contributed by atoms with Crippen molar-refractivity contribution in [3.05, 3.63) is 18.3 Å². The smallest absolute Gasteiger partial charge is 0.246 e. The molecule has 0 aliphatic heterocycles. The number of nitrogens with one attached hydrogen (secondary N) is 1. The van der Waals surface area contributed by atoms with Crippen molar-refractivity contribution in [1.82, 2.24) is 9.29 Å². The number of hydrogen-bond acceptors (Lipinski definition) is 6. The van der Waals surface area contributed by atoms with Crippen molar-refractivity contribution < 1.29 is 13.2 Å². The van der Waals surface area contributed by atoms with E-state index in [0.717, 1.165) is 0 Å². The average molecular weight is 298 g/mol. The molecule has 0 saturated heterocycles. The third-order valence-electron chi connectivity index (χ3n) is 2.64. The number of rotatable bonds is 8. The van der Waals surface area contributed by atoms with Crippen LogP contribution in [-0.2, 0) is 14.8 Å². The van der Waals surface area contributed by atoms with E-state index in [-0.39, 0.29) is 36.8 Å². The van der Waals surface area contributed by atoms with Crippen molar-refractivity contribution >= 4 is 15.8 Å². The molecule has 1 rings (SSSR count). The minimum Gasteiger partial charge on any atom is -0.383 e. The van der Waals surface area contributed by atoms with Crippen LogP contribution in [0.2, 0.25) is 0 Å². The standard InChI is InChI=1S/C12H18N4O3S/c1-14-12-11(5-3-7-15-12)20(17,18)16(8-4-6-13)9-10-19-2/h3,5,7H,4,8-10H2,1-2H3,(H,14,15). The molecule has 1 N–H and O–H groups in total. The molecule has 0 aliphatic rings. The maximum atomic E-state index is 12.6. The predicted octanol–water partition coefficient (Wildman–Crippen LogP) is 0.674. The lowest BCUT2D eigenvalue weighted by atomic mass is 10.4. The second kappa shape index (κ2) is 7.79. The number of methoxy groups -OCH3 is 1. The molecule has 0 radical (unpaired) electrons. The highest BCUT2D eigenvalue weighted by Crippen LogP contribution is 2.22. The Morgan fingerprint density at radius 1 is 1.50 bits per heavy atom. The minimum absolute atomic E-state index is 0.0940. The molecular formula is C12H18N4O3S. The summed E-state index contributed by atoms with van der Waals surface area (Å²) in [7, 11) is -0.606. The highest BCUT2D eigenvalue weighted by molar-refractivity contribution is 7.89. The van der Waals surface area contributed by atoms with Gasteiger partial charge in [-0.3, -0.25) is 0 Å². The Balaban J connectivity index is 3.11. The maximum absolute atomic E-state index is 12.6. The summed E-state index contributed by atoms with van der Waals surface area (Å²) in [5, 5.41) is 11.4. The Kier molecular flexibility index (Phi) is 6.38. The summed E-state index contributed by atoms with van der Waals surface area (Å²) in [5.74, 6) is 0.284. The van der Waals surface area contributed by atoms with Crippen LogP contribution < -0.4 is 5.32 Å². The monoisotopic (exact) mass is 298 g/mol. The molecule has 0 aliphatic carbocycles. The fraction of sp³-hybridized carbons (Fsp3) is 0.500. The summed E-state index contributed by atoms with van der Waals surface area (Å²) in [6, 6.07) is 5.00. The van der Waals surface area contributed by atoms with E-state index in [4.69, 9.17) is 10.00 Å². The molecule has 7 nitrogen and oxygen atoms in total. The first-order chi connectivity index (χ1) is 9.57. The number of nitrogens with zero attached hydrogens (tertiary/aromatic N) is 3. The van der Waals surface area contributed by atoms with Crippen LogP contribution in [-0.4, -0.2) is 51.6 Å². The van der Waals surface area contributed by atoms with E-state index < -0.39 is 10.0 Å². The number of sulfonamides is 1. The van der Waals surface area contributed by atoms with Crippen LogP contribution in [0.3, 0.4) is 0 Å². The Hall–Kier alpha value is -1.69. The van der Waals surface area contributed by atoms with Gasteiger partial charge in [0.05, 0.1) is 12.7 Å². The van der Waals surface area contributed by atoms with Gasteiger partial charge in [0.25, 0.3) is 0 Å². The Bertz CT molecular complexity index is 568. The molecule has 0 saturated carbocycles. The summed E-state index contributed by atoms with van der Waals surface area (Å²) < 4.78 is 31.4. The zero-order chi connectivity index (χ0) is 15.0. The highest BCUT2D eigenvalue weighted by Gasteiger charge is 2.26. The van der Waals surface area contributed by atoms with Gasteiger partial charge in [-0.25, -0.2) is 13.4 Å². The molecule has 0 spiro atoms.